The fourth-order valence-electron chi connectivity index (χ4n) is 2.83. The van der Waals surface area contributed by atoms with E-state index >= 15 is 0 Å². The summed E-state index contributed by atoms with van der Waals surface area (Å²) in [4.78, 5) is 0. The van der Waals surface area contributed by atoms with Crippen molar-refractivity contribution in [1.82, 2.24) is 5.32 Å². The highest BCUT2D eigenvalue weighted by Crippen LogP contribution is 2.33. The minimum absolute atomic E-state index is 0.0170. The fraction of sp³-hybridized carbons (Fsp3) is 0.474. The van der Waals surface area contributed by atoms with Gasteiger partial charge in [0, 0.05) is 5.54 Å². The molecule has 0 spiro atoms. The molecule has 1 aliphatic rings. The van der Waals surface area contributed by atoms with Gasteiger partial charge in [-0.15, -0.1) is 0 Å². The summed E-state index contributed by atoms with van der Waals surface area (Å²) in [6.07, 6.45) is 8.16. The predicted octanol–water partition coefficient (Wildman–Crippen LogP) is 5.04. The smallest absolute Gasteiger partial charge is 0.0383 e. The molecule has 0 unspecified atom stereocenters. The van der Waals surface area contributed by atoms with Gasteiger partial charge in [-0.2, -0.15) is 0 Å². The maximum absolute atomic E-state index is 3.71. The zero-order valence-electron chi connectivity index (χ0n) is 13.3. The van der Waals surface area contributed by atoms with E-state index in [1.807, 2.05) is 0 Å². The maximum atomic E-state index is 3.71. The Hall–Kier alpha value is -1.34. The van der Waals surface area contributed by atoms with Crippen LogP contribution in [0, 0.1) is 0 Å². The summed E-state index contributed by atoms with van der Waals surface area (Å²) < 4.78 is 0. The topological polar surface area (TPSA) is 12.0 Å². The molecule has 0 saturated heterocycles. The highest BCUT2D eigenvalue weighted by atomic mass is 14.9. The minimum atomic E-state index is 0.0170. The molecule has 0 aliphatic heterocycles. The van der Waals surface area contributed by atoms with Crippen molar-refractivity contribution < 1.29 is 0 Å². The lowest BCUT2D eigenvalue weighted by atomic mass is 9.86. The van der Waals surface area contributed by atoms with Crippen LogP contribution in [0.15, 0.2) is 42.0 Å². The highest BCUT2D eigenvalue weighted by Gasteiger charge is 2.23. The molecule has 1 nitrogen and oxygen atoms in total. The molecule has 0 saturated carbocycles. The highest BCUT2D eigenvalue weighted by molar-refractivity contribution is 5.75. The van der Waals surface area contributed by atoms with E-state index in [9.17, 15) is 0 Å². The number of rotatable bonds is 6. The zero-order valence-corrected chi connectivity index (χ0v) is 13.3. The third-order valence-corrected chi connectivity index (χ3v) is 4.09. The first-order chi connectivity index (χ1) is 9.54. The summed E-state index contributed by atoms with van der Waals surface area (Å²) in [6.45, 7) is 10.1. The van der Waals surface area contributed by atoms with Crippen LogP contribution in [0.4, 0.5) is 0 Å². The standard InChI is InChI=1S/C19H27N/c1-5-6-13-20-19(3,4)18-10-8-7-9-17(18)16-12-11-15(2)14-16/h7-11,14,20H,5-6,12-13H2,1-4H3. The quantitative estimate of drug-likeness (QED) is 0.713. The number of allylic oxidation sites excluding steroid dienone is 4. The number of hydrogen-bond acceptors (Lipinski definition) is 1. The largest absolute Gasteiger partial charge is 0.308 e. The fourth-order valence-corrected chi connectivity index (χ4v) is 2.83. The van der Waals surface area contributed by atoms with E-state index in [2.05, 4.69) is 69.4 Å². The summed E-state index contributed by atoms with van der Waals surface area (Å²) in [5.74, 6) is 0. The molecule has 1 aromatic carbocycles. The van der Waals surface area contributed by atoms with Gasteiger partial charge in [-0.05, 0) is 56.9 Å². The number of hydrogen-bond donors (Lipinski definition) is 1. The molecule has 1 aliphatic carbocycles. The van der Waals surface area contributed by atoms with Crippen LogP contribution in [-0.2, 0) is 5.54 Å². The molecule has 0 radical (unpaired) electrons. The molecular weight excluding hydrogens is 242 g/mol. The second-order valence-electron chi connectivity index (χ2n) is 6.27. The van der Waals surface area contributed by atoms with Gasteiger partial charge in [0.2, 0.25) is 0 Å². The Morgan fingerprint density at radius 3 is 2.60 bits per heavy atom. The zero-order chi connectivity index (χ0) is 14.6. The van der Waals surface area contributed by atoms with Gasteiger partial charge in [-0.1, -0.05) is 55.3 Å². The van der Waals surface area contributed by atoms with Crippen LogP contribution in [0.25, 0.3) is 5.57 Å². The summed E-state index contributed by atoms with van der Waals surface area (Å²) >= 11 is 0. The van der Waals surface area contributed by atoms with E-state index in [-0.39, 0.29) is 5.54 Å². The van der Waals surface area contributed by atoms with E-state index in [1.165, 1.54) is 35.1 Å². The molecule has 0 atom stereocenters. The van der Waals surface area contributed by atoms with Crippen molar-refractivity contribution in [2.24, 2.45) is 0 Å². The average Bonchev–Trinajstić information content (AvgIpc) is 2.85. The van der Waals surface area contributed by atoms with Crippen LogP contribution in [0.2, 0.25) is 0 Å². The SMILES string of the molecule is CCCCNC(C)(C)c1ccccc1C1=CC(C)=CC1. The Kier molecular flexibility index (Phi) is 4.82. The van der Waals surface area contributed by atoms with Crippen molar-refractivity contribution in [2.75, 3.05) is 6.54 Å². The van der Waals surface area contributed by atoms with Crippen molar-refractivity contribution in [1.29, 1.82) is 0 Å². The molecule has 20 heavy (non-hydrogen) atoms. The van der Waals surface area contributed by atoms with E-state index in [0.717, 1.165) is 13.0 Å². The van der Waals surface area contributed by atoms with Crippen molar-refractivity contribution in [3.05, 3.63) is 53.1 Å². The van der Waals surface area contributed by atoms with E-state index < -0.39 is 0 Å². The molecule has 0 bridgehead atoms. The van der Waals surface area contributed by atoms with Crippen LogP contribution in [0.3, 0.4) is 0 Å². The lowest BCUT2D eigenvalue weighted by Crippen LogP contribution is -2.37. The lowest BCUT2D eigenvalue weighted by Gasteiger charge is -2.30. The molecule has 1 N–H and O–H groups in total. The van der Waals surface area contributed by atoms with Crippen molar-refractivity contribution >= 4 is 5.57 Å². The first-order valence-electron chi connectivity index (χ1n) is 7.77. The first kappa shape index (κ1) is 15.1. The first-order valence-corrected chi connectivity index (χ1v) is 7.77. The second kappa shape index (κ2) is 6.41. The Bertz CT molecular complexity index is 520. The van der Waals surface area contributed by atoms with Gasteiger partial charge in [-0.3, -0.25) is 0 Å². The summed E-state index contributed by atoms with van der Waals surface area (Å²) in [7, 11) is 0. The normalized spacial score (nSPS) is 15.2. The van der Waals surface area contributed by atoms with Gasteiger partial charge in [0.15, 0.2) is 0 Å². The third-order valence-electron chi connectivity index (χ3n) is 4.09. The second-order valence-corrected chi connectivity index (χ2v) is 6.27. The molecule has 0 amide bonds. The van der Waals surface area contributed by atoms with Gasteiger partial charge >= 0.3 is 0 Å². The monoisotopic (exact) mass is 269 g/mol. The lowest BCUT2D eigenvalue weighted by molar-refractivity contribution is 0.398. The van der Waals surface area contributed by atoms with Gasteiger partial charge in [0.25, 0.3) is 0 Å². The van der Waals surface area contributed by atoms with Gasteiger partial charge in [0.1, 0.15) is 0 Å². The van der Waals surface area contributed by atoms with Gasteiger partial charge in [0.05, 0.1) is 0 Å². The molecule has 1 aromatic rings. The van der Waals surface area contributed by atoms with Crippen LogP contribution in [0.5, 0.6) is 0 Å². The van der Waals surface area contributed by atoms with Crippen LogP contribution < -0.4 is 5.32 Å². The van der Waals surface area contributed by atoms with E-state index in [0.29, 0.717) is 0 Å². The minimum Gasteiger partial charge on any atom is -0.308 e. The molecule has 0 heterocycles. The Balaban J connectivity index is 2.26. The summed E-state index contributed by atoms with van der Waals surface area (Å²) in [6, 6.07) is 8.83. The molecule has 0 aromatic heterocycles. The van der Waals surface area contributed by atoms with Crippen LogP contribution >= 0.6 is 0 Å². The molecule has 0 fully saturated rings. The average molecular weight is 269 g/mol. The summed E-state index contributed by atoms with van der Waals surface area (Å²) in [5, 5.41) is 3.71. The van der Waals surface area contributed by atoms with Crippen molar-refractivity contribution in [3.8, 4) is 0 Å². The number of unbranched alkanes of at least 4 members (excludes halogenated alkanes) is 1. The predicted molar refractivity (Wildman–Crippen MR) is 88.7 cm³/mol. The Labute approximate surface area is 123 Å². The van der Waals surface area contributed by atoms with E-state index in [4.69, 9.17) is 0 Å². The van der Waals surface area contributed by atoms with Crippen LogP contribution in [-0.4, -0.2) is 6.54 Å². The Morgan fingerprint density at radius 2 is 1.95 bits per heavy atom. The molecular formula is C19H27N. The van der Waals surface area contributed by atoms with Gasteiger partial charge < -0.3 is 5.32 Å². The van der Waals surface area contributed by atoms with Crippen molar-refractivity contribution in [3.63, 3.8) is 0 Å². The van der Waals surface area contributed by atoms with E-state index in [1.54, 1.807) is 0 Å². The maximum Gasteiger partial charge on any atom is 0.0383 e. The van der Waals surface area contributed by atoms with Crippen molar-refractivity contribution in [2.45, 2.75) is 52.5 Å². The van der Waals surface area contributed by atoms with Gasteiger partial charge in [-0.25, -0.2) is 0 Å². The molecule has 2 rings (SSSR count). The third kappa shape index (κ3) is 3.40. The molecule has 108 valence electrons. The Morgan fingerprint density at radius 1 is 1.20 bits per heavy atom. The summed E-state index contributed by atoms with van der Waals surface area (Å²) in [5.41, 5.74) is 5.65. The molecule has 1 heteroatoms. The van der Waals surface area contributed by atoms with Crippen LogP contribution in [0.1, 0.15) is 58.1 Å². The number of benzene rings is 1. The number of nitrogens with one attached hydrogen (secondary N) is 1.